The number of nitrogens with zero attached hydrogens (tertiary/aromatic N) is 1. The lowest BCUT2D eigenvalue weighted by Crippen LogP contribution is -2.53. The molecule has 0 radical (unpaired) electrons. The van der Waals surface area contributed by atoms with Gasteiger partial charge in [0.2, 0.25) is 23.6 Å². The molecule has 2 fully saturated rings. The Bertz CT molecular complexity index is 1170. The van der Waals surface area contributed by atoms with Gasteiger partial charge < -0.3 is 11.1 Å². The van der Waals surface area contributed by atoms with Gasteiger partial charge in [0.05, 0.1) is 11.8 Å². The second kappa shape index (κ2) is 7.97. The molecule has 8 nitrogen and oxygen atoms in total. The average Bonchev–Trinajstić information content (AvgIpc) is 3.37. The van der Waals surface area contributed by atoms with Crippen LogP contribution in [0.1, 0.15) is 24.0 Å². The minimum atomic E-state index is -1.43. The topological polar surface area (TPSA) is 122 Å². The van der Waals surface area contributed by atoms with Crippen LogP contribution >= 0.6 is 11.6 Å². The minimum absolute atomic E-state index is 0.0342. The molecule has 3 heterocycles. The first kappa shape index (κ1) is 21.6. The van der Waals surface area contributed by atoms with Crippen molar-refractivity contribution < 1.29 is 19.2 Å². The van der Waals surface area contributed by atoms with Crippen LogP contribution in [0.4, 0.5) is 5.69 Å². The van der Waals surface area contributed by atoms with Gasteiger partial charge in [0.15, 0.2) is 0 Å². The number of rotatable bonds is 6. The molecule has 2 aromatic rings. The zero-order chi connectivity index (χ0) is 23.3. The lowest BCUT2D eigenvalue weighted by Gasteiger charge is -2.29. The van der Waals surface area contributed by atoms with Gasteiger partial charge in [-0.1, -0.05) is 41.9 Å². The molecule has 2 saturated heterocycles. The van der Waals surface area contributed by atoms with Gasteiger partial charge in [-0.25, -0.2) is 0 Å². The Morgan fingerprint density at radius 1 is 1.09 bits per heavy atom. The van der Waals surface area contributed by atoms with E-state index in [2.05, 4.69) is 10.6 Å². The predicted molar refractivity (Wildman–Crippen MR) is 121 cm³/mol. The van der Waals surface area contributed by atoms with E-state index >= 15 is 0 Å². The van der Waals surface area contributed by atoms with E-state index in [0.717, 1.165) is 5.56 Å². The highest BCUT2D eigenvalue weighted by Gasteiger charge is 2.70. The molecule has 0 bridgehead atoms. The molecule has 3 aliphatic rings. The van der Waals surface area contributed by atoms with Crippen molar-refractivity contribution in [3.8, 4) is 0 Å². The number of fused-ring (bicyclic) bond motifs is 4. The van der Waals surface area contributed by atoms with Crippen molar-refractivity contribution in [1.29, 1.82) is 0 Å². The quantitative estimate of drug-likeness (QED) is 0.558. The molecule has 0 aromatic heterocycles. The van der Waals surface area contributed by atoms with E-state index in [4.69, 9.17) is 17.3 Å². The largest absolute Gasteiger partial charge is 0.370 e. The molecule has 4 N–H and O–H groups in total. The maximum Gasteiger partial charge on any atom is 0.250 e. The average molecular weight is 467 g/mol. The summed E-state index contributed by atoms with van der Waals surface area (Å²) in [6.07, 6.45) is 0.790. The fraction of sp³-hybridized carbons (Fsp3) is 0.333. The summed E-state index contributed by atoms with van der Waals surface area (Å²) in [6, 6.07) is 14.0. The van der Waals surface area contributed by atoms with Crippen molar-refractivity contribution in [2.24, 2.45) is 17.6 Å². The van der Waals surface area contributed by atoms with Gasteiger partial charge >= 0.3 is 0 Å². The molecular weight excluding hydrogens is 444 g/mol. The van der Waals surface area contributed by atoms with E-state index in [-0.39, 0.29) is 25.3 Å². The summed E-state index contributed by atoms with van der Waals surface area (Å²) in [4.78, 5) is 53.2. The highest BCUT2D eigenvalue weighted by Crippen LogP contribution is 2.53. The van der Waals surface area contributed by atoms with Crippen LogP contribution in [0.15, 0.2) is 48.5 Å². The number of anilines is 1. The number of imide groups is 1. The zero-order valence-electron chi connectivity index (χ0n) is 17.7. The van der Waals surface area contributed by atoms with Gasteiger partial charge in [0.25, 0.3) is 0 Å². The zero-order valence-corrected chi connectivity index (χ0v) is 18.5. The predicted octanol–water partition coefficient (Wildman–Crippen LogP) is 1.57. The Morgan fingerprint density at radius 3 is 2.58 bits per heavy atom. The molecule has 9 heteroatoms. The number of nitrogens with two attached hydrogens (primary N) is 1. The molecule has 5 rings (SSSR count). The summed E-state index contributed by atoms with van der Waals surface area (Å²) in [6.45, 7) is 0.220. The molecule has 2 aromatic carbocycles. The second-order valence-electron chi connectivity index (χ2n) is 8.78. The highest BCUT2D eigenvalue weighted by atomic mass is 35.5. The van der Waals surface area contributed by atoms with Gasteiger partial charge in [-0.15, -0.1) is 0 Å². The summed E-state index contributed by atoms with van der Waals surface area (Å²) in [5, 5.41) is 6.51. The third-order valence-corrected chi connectivity index (χ3v) is 7.17. The lowest BCUT2D eigenvalue weighted by molar-refractivity contribution is -0.142. The van der Waals surface area contributed by atoms with Crippen LogP contribution in [0.25, 0.3) is 0 Å². The fourth-order valence-electron chi connectivity index (χ4n) is 5.49. The molecular formula is C24H23ClN4O4. The second-order valence-corrected chi connectivity index (χ2v) is 9.21. The summed E-state index contributed by atoms with van der Waals surface area (Å²) in [5.74, 6) is -3.34. The van der Waals surface area contributed by atoms with Crippen molar-refractivity contribution in [1.82, 2.24) is 10.2 Å². The Hall–Kier alpha value is -3.23. The van der Waals surface area contributed by atoms with Crippen LogP contribution in [0, 0.1) is 11.8 Å². The Kier molecular flexibility index (Phi) is 5.22. The normalized spacial score (nSPS) is 27.7. The van der Waals surface area contributed by atoms with Crippen LogP contribution in [0.3, 0.4) is 0 Å². The molecule has 4 amide bonds. The number of carbonyl (C=O) groups is 4. The number of amides is 4. The van der Waals surface area contributed by atoms with Crippen molar-refractivity contribution in [3.05, 3.63) is 64.7 Å². The number of nitrogens with one attached hydrogen (secondary N) is 2. The molecule has 0 aliphatic carbocycles. The van der Waals surface area contributed by atoms with Crippen LogP contribution in [-0.4, -0.2) is 41.1 Å². The van der Waals surface area contributed by atoms with E-state index in [9.17, 15) is 19.2 Å². The van der Waals surface area contributed by atoms with E-state index in [1.807, 2.05) is 30.3 Å². The third kappa shape index (κ3) is 3.32. The number of likely N-dealkylation sites (tertiary alicyclic amines) is 1. The molecule has 4 atom stereocenters. The molecule has 0 saturated carbocycles. The van der Waals surface area contributed by atoms with Gasteiger partial charge in [-0.2, -0.15) is 0 Å². The standard InChI is InChI=1S/C24H23ClN4O4/c25-14-6-7-16-15(12-14)24(23(33)27-16)20-19(17(28-24)8-9-18(26)30)21(31)29(22(20)32)11-10-13-4-2-1-3-5-13/h1-7,12,17,19-20,28H,8-11H2,(H2,26,30)(H,27,33)/t17-,19-,20+,24+/m1/s1. The van der Waals surface area contributed by atoms with Crippen LogP contribution in [-0.2, 0) is 31.1 Å². The van der Waals surface area contributed by atoms with E-state index in [1.54, 1.807) is 18.2 Å². The van der Waals surface area contributed by atoms with Gasteiger partial charge in [0, 0.05) is 35.3 Å². The number of carbonyl (C=O) groups excluding carboxylic acids is 4. The summed E-state index contributed by atoms with van der Waals surface area (Å²) < 4.78 is 0. The SMILES string of the molecule is NC(=O)CC[C@H]1N[C@]2(C(=O)Nc3ccc(Cl)cc32)[C@@H]2C(=O)N(CCc3ccccc3)C(=O)[C@@H]21. The fourth-order valence-corrected chi connectivity index (χ4v) is 5.66. The summed E-state index contributed by atoms with van der Waals surface area (Å²) in [7, 11) is 0. The number of halogens is 1. The number of benzene rings is 2. The Morgan fingerprint density at radius 2 is 1.85 bits per heavy atom. The van der Waals surface area contributed by atoms with E-state index < -0.39 is 41.1 Å². The van der Waals surface area contributed by atoms with Crippen molar-refractivity contribution in [2.45, 2.75) is 30.8 Å². The molecule has 3 aliphatic heterocycles. The number of hydrogen-bond acceptors (Lipinski definition) is 5. The lowest BCUT2D eigenvalue weighted by atomic mass is 9.76. The van der Waals surface area contributed by atoms with Crippen LogP contribution < -0.4 is 16.4 Å². The van der Waals surface area contributed by atoms with Crippen LogP contribution in [0.2, 0.25) is 5.02 Å². The smallest absolute Gasteiger partial charge is 0.250 e. The molecule has 0 unspecified atom stereocenters. The minimum Gasteiger partial charge on any atom is -0.370 e. The Balaban J connectivity index is 1.53. The number of hydrogen-bond donors (Lipinski definition) is 3. The Labute approximate surface area is 195 Å². The highest BCUT2D eigenvalue weighted by molar-refractivity contribution is 6.31. The van der Waals surface area contributed by atoms with Crippen molar-refractivity contribution in [3.63, 3.8) is 0 Å². The summed E-state index contributed by atoms with van der Waals surface area (Å²) >= 11 is 6.24. The van der Waals surface area contributed by atoms with Gasteiger partial charge in [-0.05, 0) is 36.6 Å². The first-order valence-electron chi connectivity index (χ1n) is 10.9. The summed E-state index contributed by atoms with van der Waals surface area (Å²) in [5.41, 5.74) is 6.02. The maximum absolute atomic E-state index is 13.7. The first-order chi connectivity index (χ1) is 15.8. The number of primary amides is 1. The van der Waals surface area contributed by atoms with Crippen LogP contribution in [0.5, 0.6) is 0 Å². The van der Waals surface area contributed by atoms with E-state index in [1.165, 1.54) is 4.90 Å². The van der Waals surface area contributed by atoms with Crippen molar-refractivity contribution in [2.75, 3.05) is 11.9 Å². The molecule has 170 valence electrons. The molecule has 1 spiro atoms. The monoisotopic (exact) mass is 466 g/mol. The maximum atomic E-state index is 13.7. The van der Waals surface area contributed by atoms with Gasteiger partial charge in [0.1, 0.15) is 5.54 Å². The third-order valence-electron chi connectivity index (χ3n) is 6.94. The first-order valence-corrected chi connectivity index (χ1v) is 11.3. The van der Waals surface area contributed by atoms with E-state index in [0.29, 0.717) is 22.7 Å². The van der Waals surface area contributed by atoms with Crippen molar-refractivity contribution >= 4 is 40.9 Å². The van der Waals surface area contributed by atoms with Gasteiger partial charge in [-0.3, -0.25) is 29.4 Å². The molecule has 33 heavy (non-hydrogen) atoms.